The maximum absolute atomic E-state index is 12.6. The number of rotatable bonds is 3. The number of thiophene rings is 1. The van der Waals surface area contributed by atoms with Crippen molar-refractivity contribution >= 4 is 37.6 Å². The first kappa shape index (κ1) is 13.8. The minimum Gasteiger partial charge on any atom is -0.462 e. The summed E-state index contributed by atoms with van der Waals surface area (Å²) in [7, 11) is 0. The number of carbonyl (C=O) groups is 1. The summed E-state index contributed by atoms with van der Waals surface area (Å²) in [5.41, 5.74) is 0.767. The number of pyridine rings is 1. The van der Waals surface area contributed by atoms with E-state index < -0.39 is 5.97 Å². The molecule has 0 aliphatic carbocycles. The van der Waals surface area contributed by atoms with Crippen molar-refractivity contribution in [3.63, 3.8) is 0 Å². The molecule has 1 aromatic carbocycles. The molecular formula is C16H15NO3S. The summed E-state index contributed by atoms with van der Waals surface area (Å²) in [4.78, 5) is 24.5. The fourth-order valence-corrected chi connectivity index (χ4v) is 3.64. The number of hydrogen-bond donors (Lipinski definition) is 0. The second kappa shape index (κ2) is 5.33. The van der Waals surface area contributed by atoms with Gasteiger partial charge in [-0.05, 0) is 19.9 Å². The summed E-state index contributed by atoms with van der Waals surface area (Å²) in [6.07, 6.45) is 1.61. The van der Waals surface area contributed by atoms with Gasteiger partial charge >= 0.3 is 5.97 Å². The molecular weight excluding hydrogens is 286 g/mol. The van der Waals surface area contributed by atoms with E-state index in [4.69, 9.17) is 4.74 Å². The molecule has 0 N–H and O–H groups in total. The highest BCUT2D eigenvalue weighted by molar-refractivity contribution is 7.25. The number of esters is 1. The van der Waals surface area contributed by atoms with Crippen LogP contribution >= 0.6 is 11.3 Å². The van der Waals surface area contributed by atoms with Gasteiger partial charge in [-0.2, -0.15) is 0 Å². The van der Waals surface area contributed by atoms with E-state index in [1.165, 1.54) is 11.3 Å². The second-order valence-electron chi connectivity index (χ2n) is 4.65. The molecule has 3 aromatic rings. The molecule has 0 aliphatic heterocycles. The Morgan fingerprint density at radius 2 is 2.05 bits per heavy atom. The lowest BCUT2D eigenvalue weighted by molar-refractivity contribution is 0.0524. The van der Waals surface area contributed by atoms with Crippen LogP contribution in [0.4, 0.5) is 0 Å². The first-order valence-electron chi connectivity index (χ1n) is 6.89. The van der Waals surface area contributed by atoms with Crippen LogP contribution in [0.3, 0.4) is 0 Å². The second-order valence-corrected chi connectivity index (χ2v) is 5.71. The van der Waals surface area contributed by atoms with E-state index in [1.54, 1.807) is 13.1 Å². The third-order valence-electron chi connectivity index (χ3n) is 3.43. The summed E-state index contributed by atoms with van der Waals surface area (Å²) >= 11 is 1.43. The Labute approximate surface area is 125 Å². The molecule has 0 fully saturated rings. The van der Waals surface area contributed by atoms with Crippen LogP contribution in [-0.2, 0) is 11.3 Å². The molecule has 0 atom stereocenters. The van der Waals surface area contributed by atoms with Crippen molar-refractivity contribution in [3.8, 4) is 0 Å². The van der Waals surface area contributed by atoms with Crippen LogP contribution in [0.25, 0.3) is 20.3 Å². The SMILES string of the molecule is CCOC(=O)c1cn(CC)c2c(sc3ccccc32)c1=O. The number of ether oxygens (including phenoxy) is 1. The van der Waals surface area contributed by atoms with Gasteiger partial charge in [0.05, 0.1) is 12.1 Å². The Balaban J connectivity index is 2.41. The van der Waals surface area contributed by atoms with E-state index in [1.807, 2.05) is 35.8 Å². The van der Waals surface area contributed by atoms with Crippen molar-refractivity contribution < 1.29 is 9.53 Å². The predicted octanol–water partition coefficient (Wildman–Crippen LogP) is 3.41. The first-order valence-corrected chi connectivity index (χ1v) is 7.70. The summed E-state index contributed by atoms with van der Waals surface area (Å²) < 4.78 is 8.59. The van der Waals surface area contributed by atoms with Crippen molar-refractivity contribution in [2.75, 3.05) is 6.61 Å². The molecule has 0 aliphatic rings. The van der Waals surface area contributed by atoms with E-state index in [9.17, 15) is 9.59 Å². The summed E-state index contributed by atoms with van der Waals surface area (Å²) in [5, 5.41) is 1.05. The van der Waals surface area contributed by atoms with Crippen molar-refractivity contribution in [2.45, 2.75) is 20.4 Å². The molecule has 0 amide bonds. The number of hydrogen-bond acceptors (Lipinski definition) is 4. The Hall–Kier alpha value is -2.14. The van der Waals surface area contributed by atoms with Gasteiger partial charge < -0.3 is 9.30 Å². The number of benzene rings is 1. The summed E-state index contributed by atoms with van der Waals surface area (Å²) in [6, 6.07) is 7.90. The zero-order valence-corrected chi connectivity index (χ0v) is 12.7. The zero-order valence-electron chi connectivity index (χ0n) is 11.9. The van der Waals surface area contributed by atoms with Crippen LogP contribution in [0, 0.1) is 0 Å². The normalized spacial score (nSPS) is 11.1. The smallest absolute Gasteiger partial charge is 0.343 e. The predicted molar refractivity (Wildman–Crippen MR) is 85.2 cm³/mol. The molecule has 2 heterocycles. The minimum atomic E-state index is -0.552. The average Bonchev–Trinajstić information content (AvgIpc) is 2.88. The van der Waals surface area contributed by atoms with Gasteiger partial charge in [0.15, 0.2) is 0 Å². The summed E-state index contributed by atoms with van der Waals surface area (Å²) in [6.45, 7) is 4.66. The molecule has 108 valence electrons. The maximum Gasteiger partial charge on any atom is 0.343 e. The first-order chi connectivity index (χ1) is 10.2. The molecule has 0 bridgehead atoms. The van der Waals surface area contributed by atoms with Gasteiger partial charge in [-0.3, -0.25) is 4.79 Å². The van der Waals surface area contributed by atoms with E-state index in [2.05, 4.69) is 0 Å². The minimum absolute atomic E-state index is 0.109. The highest BCUT2D eigenvalue weighted by atomic mass is 32.1. The zero-order chi connectivity index (χ0) is 15.0. The highest BCUT2D eigenvalue weighted by Gasteiger charge is 2.19. The number of nitrogens with zero attached hydrogens (tertiary/aromatic N) is 1. The fourth-order valence-electron chi connectivity index (χ4n) is 2.48. The number of fused-ring (bicyclic) bond motifs is 3. The Bertz CT molecular complexity index is 892. The van der Waals surface area contributed by atoms with Crippen LogP contribution in [0.1, 0.15) is 24.2 Å². The average molecular weight is 301 g/mol. The molecule has 0 saturated carbocycles. The number of aryl methyl sites for hydroxylation is 1. The van der Waals surface area contributed by atoms with Gasteiger partial charge in [0.2, 0.25) is 5.43 Å². The van der Waals surface area contributed by atoms with Crippen molar-refractivity contribution in [2.24, 2.45) is 0 Å². The molecule has 2 aromatic heterocycles. The Morgan fingerprint density at radius 3 is 2.76 bits per heavy atom. The monoisotopic (exact) mass is 301 g/mol. The van der Waals surface area contributed by atoms with Gasteiger partial charge in [-0.1, -0.05) is 18.2 Å². The van der Waals surface area contributed by atoms with Crippen LogP contribution in [-0.4, -0.2) is 17.1 Å². The standard InChI is InChI=1S/C16H15NO3S/c1-3-17-9-11(16(19)20-4-2)14(18)15-13(17)10-7-5-6-8-12(10)21-15/h5-9H,3-4H2,1-2H3. The van der Waals surface area contributed by atoms with Crippen molar-refractivity contribution in [1.82, 2.24) is 4.57 Å². The molecule has 0 spiro atoms. The van der Waals surface area contributed by atoms with Gasteiger partial charge in [-0.15, -0.1) is 11.3 Å². The van der Waals surface area contributed by atoms with Crippen molar-refractivity contribution in [3.05, 3.63) is 46.2 Å². The third-order valence-corrected chi connectivity index (χ3v) is 4.59. The van der Waals surface area contributed by atoms with Crippen LogP contribution < -0.4 is 5.43 Å². The Morgan fingerprint density at radius 1 is 1.29 bits per heavy atom. The number of aromatic nitrogens is 1. The van der Waals surface area contributed by atoms with E-state index in [0.717, 1.165) is 15.6 Å². The Kier molecular flexibility index (Phi) is 3.51. The van der Waals surface area contributed by atoms with Gasteiger partial charge in [0.1, 0.15) is 10.3 Å². The molecule has 21 heavy (non-hydrogen) atoms. The maximum atomic E-state index is 12.6. The van der Waals surface area contributed by atoms with Gasteiger partial charge in [0.25, 0.3) is 0 Å². The molecule has 3 rings (SSSR count). The highest BCUT2D eigenvalue weighted by Crippen LogP contribution is 2.31. The summed E-state index contributed by atoms with van der Waals surface area (Å²) in [5.74, 6) is -0.552. The quantitative estimate of drug-likeness (QED) is 0.697. The van der Waals surface area contributed by atoms with Crippen LogP contribution in [0.5, 0.6) is 0 Å². The third kappa shape index (κ3) is 2.14. The van der Waals surface area contributed by atoms with E-state index in [0.29, 0.717) is 11.2 Å². The van der Waals surface area contributed by atoms with E-state index in [-0.39, 0.29) is 17.6 Å². The van der Waals surface area contributed by atoms with Gasteiger partial charge in [-0.25, -0.2) is 4.79 Å². The fraction of sp³-hybridized carbons (Fsp3) is 0.250. The molecule has 0 unspecified atom stereocenters. The molecule has 4 nitrogen and oxygen atoms in total. The lowest BCUT2D eigenvalue weighted by Crippen LogP contribution is -2.19. The van der Waals surface area contributed by atoms with Crippen LogP contribution in [0.2, 0.25) is 0 Å². The van der Waals surface area contributed by atoms with Crippen molar-refractivity contribution in [1.29, 1.82) is 0 Å². The lowest BCUT2D eigenvalue weighted by Gasteiger charge is -2.09. The van der Waals surface area contributed by atoms with Crippen LogP contribution in [0.15, 0.2) is 35.3 Å². The largest absolute Gasteiger partial charge is 0.462 e. The topological polar surface area (TPSA) is 48.3 Å². The molecule has 5 heteroatoms. The van der Waals surface area contributed by atoms with E-state index >= 15 is 0 Å². The number of carbonyl (C=O) groups excluding carboxylic acids is 1. The molecule has 0 saturated heterocycles. The lowest BCUT2D eigenvalue weighted by atomic mass is 10.2. The van der Waals surface area contributed by atoms with Gasteiger partial charge in [0, 0.05) is 22.8 Å². The molecule has 0 radical (unpaired) electrons.